The molecule has 0 spiro atoms. The Bertz CT molecular complexity index is 927. The number of nitrogens with zero attached hydrogens (tertiary/aromatic N) is 2. The van der Waals surface area contributed by atoms with Crippen LogP contribution in [0, 0.1) is 10.1 Å². The Hall–Kier alpha value is -3.26. The van der Waals surface area contributed by atoms with Crippen molar-refractivity contribution in [1.82, 2.24) is 0 Å². The Morgan fingerprint density at radius 3 is 2.57 bits per heavy atom. The summed E-state index contributed by atoms with van der Waals surface area (Å²) in [5.41, 5.74) is 0.668. The van der Waals surface area contributed by atoms with Gasteiger partial charge in [0.1, 0.15) is 5.69 Å². The Morgan fingerprint density at radius 1 is 1.21 bits per heavy atom. The van der Waals surface area contributed by atoms with E-state index in [9.17, 15) is 19.7 Å². The summed E-state index contributed by atoms with van der Waals surface area (Å²) in [5.74, 6) is -1.12. The molecule has 0 amide bonds. The molecule has 0 radical (unpaired) electrons. The van der Waals surface area contributed by atoms with Gasteiger partial charge in [-0.2, -0.15) is 0 Å². The molecule has 1 aliphatic heterocycles. The molecular weight excluding hydrogens is 364 g/mol. The third-order valence-corrected chi connectivity index (χ3v) is 4.59. The van der Waals surface area contributed by atoms with Crippen molar-refractivity contribution >= 4 is 23.1 Å². The second-order valence-corrected chi connectivity index (χ2v) is 6.45. The summed E-state index contributed by atoms with van der Waals surface area (Å²) < 4.78 is 10.2. The van der Waals surface area contributed by atoms with E-state index in [0.29, 0.717) is 25.4 Å². The number of rotatable bonds is 5. The summed E-state index contributed by atoms with van der Waals surface area (Å²) in [7, 11) is 1.23. The number of anilines is 1. The number of morpholine rings is 1. The lowest BCUT2D eigenvalue weighted by atomic mass is 9.97. The van der Waals surface area contributed by atoms with E-state index in [1.165, 1.54) is 25.3 Å². The molecule has 1 fully saturated rings. The Labute approximate surface area is 161 Å². The predicted octanol–water partition coefficient (Wildman–Crippen LogP) is 2.84. The normalized spacial score (nSPS) is 16.5. The zero-order chi connectivity index (χ0) is 20.3. The highest BCUT2D eigenvalue weighted by Gasteiger charge is 2.26. The molecule has 3 rings (SSSR count). The lowest BCUT2D eigenvalue weighted by molar-refractivity contribution is -0.384. The Balaban J connectivity index is 2.00. The van der Waals surface area contributed by atoms with Crippen LogP contribution in [-0.4, -0.2) is 49.6 Å². The molecule has 0 aromatic heterocycles. The van der Waals surface area contributed by atoms with Crippen molar-refractivity contribution < 1.29 is 24.0 Å². The number of esters is 1. The lowest BCUT2D eigenvalue weighted by Gasteiger charge is -2.32. The van der Waals surface area contributed by atoms with Gasteiger partial charge in [-0.25, -0.2) is 4.79 Å². The van der Waals surface area contributed by atoms with E-state index in [1.54, 1.807) is 24.3 Å². The second-order valence-electron chi connectivity index (χ2n) is 6.45. The fraction of sp³-hybridized carbons (Fsp3) is 0.300. The van der Waals surface area contributed by atoms with Crippen LogP contribution in [0.2, 0.25) is 0 Å². The molecule has 28 heavy (non-hydrogen) atoms. The van der Waals surface area contributed by atoms with Crippen molar-refractivity contribution in [2.75, 3.05) is 31.7 Å². The first-order chi connectivity index (χ1) is 13.4. The van der Waals surface area contributed by atoms with Gasteiger partial charge in [-0.3, -0.25) is 14.9 Å². The SMILES string of the molecule is COC(=O)c1ccccc1C(=O)c1ccc(N2CCO[C@H](C)C2)c([N+](=O)[O-])c1. The first-order valence-corrected chi connectivity index (χ1v) is 8.79. The Morgan fingerprint density at radius 2 is 1.93 bits per heavy atom. The van der Waals surface area contributed by atoms with E-state index < -0.39 is 16.7 Å². The highest BCUT2D eigenvalue weighted by Crippen LogP contribution is 2.31. The smallest absolute Gasteiger partial charge is 0.338 e. The van der Waals surface area contributed by atoms with Gasteiger partial charge in [-0.05, 0) is 25.1 Å². The number of ketones is 1. The standard InChI is InChI=1S/C20H20N2O6/c1-13-12-21(9-10-28-13)17-8-7-14(11-18(17)22(25)26)19(23)15-5-3-4-6-16(15)20(24)27-2/h3-8,11,13H,9-10,12H2,1-2H3/t13-/m1/s1. The molecular formula is C20H20N2O6. The van der Waals surface area contributed by atoms with Crippen LogP contribution in [0.3, 0.4) is 0 Å². The number of nitro groups is 1. The lowest BCUT2D eigenvalue weighted by Crippen LogP contribution is -2.41. The fourth-order valence-electron chi connectivity index (χ4n) is 3.24. The summed E-state index contributed by atoms with van der Waals surface area (Å²) >= 11 is 0. The molecule has 0 bridgehead atoms. The van der Waals surface area contributed by atoms with Crippen LogP contribution in [-0.2, 0) is 9.47 Å². The highest BCUT2D eigenvalue weighted by atomic mass is 16.6. The maximum Gasteiger partial charge on any atom is 0.338 e. The van der Waals surface area contributed by atoms with Crippen LogP contribution in [0.25, 0.3) is 0 Å². The first-order valence-electron chi connectivity index (χ1n) is 8.79. The molecule has 1 aliphatic rings. The van der Waals surface area contributed by atoms with Crippen LogP contribution < -0.4 is 4.90 Å². The average molecular weight is 384 g/mol. The summed E-state index contributed by atoms with van der Waals surface area (Å²) in [6.45, 7) is 3.44. The first kappa shape index (κ1) is 19.5. The largest absolute Gasteiger partial charge is 0.465 e. The molecule has 1 atom stereocenters. The number of methoxy groups -OCH3 is 1. The predicted molar refractivity (Wildman–Crippen MR) is 102 cm³/mol. The maximum atomic E-state index is 12.9. The highest BCUT2D eigenvalue weighted by molar-refractivity contribution is 6.14. The maximum absolute atomic E-state index is 12.9. The number of carbonyl (C=O) groups is 2. The monoisotopic (exact) mass is 384 g/mol. The minimum absolute atomic E-state index is 0.0402. The minimum atomic E-state index is -0.641. The third kappa shape index (κ3) is 3.86. The number of benzene rings is 2. The summed E-state index contributed by atoms with van der Waals surface area (Å²) in [5, 5.41) is 11.6. The fourth-order valence-corrected chi connectivity index (χ4v) is 3.24. The van der Waals surface area contributed by atoms with Crippen molar-refractivity contribution in [3.8, 4) is 0 Å². The number of ether oxygens (including phenoxy) is 2. The molecule has 146 valence electrons. The topological polar surface area (TPSA) is 99.0 Å². The molecule has 1 heterocycles. The molecule has 2 aromatic rings. The van der Waals surface area contributed by atoms with Gasteiger partial charge in [-0.1, -0.05) is 18.2 Å². The van der Waals surface area contributed by atoms with E-state index in [1.807, 2.05) is 11.8 Å². The summed E-state index contributed by atoms with van der Waals surface area (Å²) in [6, 6.07) is 10.6. The van der Waals surface area contributed by atoms with Crippen LogP contribution in [0.5, 0.6) is 0 Å². The van der Waals surface area contributed by atoms with Crippen molar-refractivity contribution in [1.29, 1.82) is 0 Å². The molecule has 0 aliphatic carbocycles. The third-order valence-electron chi connectivity index (χ3n) is 4.59. The quantitative estimate of drug-likeness (QED) is 0.338. The summed E-state index contributed by atoms with van der Waals surface area (Å²) in [4.78, 5) is 37.9. The van der Waals surface area contributed by atoms with Gasteiger partial charge < -0.3 is 14.4 Å². The van der Waals surface area contributed by atoms with E-state index in [4.69, 9.17) is 9.47 Å². The van der Waals surface area contributed by atoms with Crippen LogP contribution >= 0.6 is 0 Å². The Kier molecular flexibility index (Phi) is 5.70. The zero-order valence-corrected chi connectivity index (χ0v) is 15.6. The molecule has 1 saturated heterocycles. The van der Waals surface area contributed by atoms with Crippen molar-refractivity contribution in [3.05, 3.63) is 69.3 Å². The number of carbonyl (C=O) groups excluding carboxylic acids is 2. The molecule has 0 unspecified atom stereocenters. The summed E-state index contributed by atoms with van der Waals surface area (Å²) in [6.07, 6.45) is -0.0402. The van der Waals surface area contributed by atoms with Gasteiger partial charge in [0.05, 0.1) is 30.3 Å². The van der Waals surface area contributed by atoms with Gasteiger partial charge >= 0.3 is 5.97 Å². The molecule has 0 N–H and O–H groups in total. The van der Waals surface area contributed by atoms with Gasteiger partial charge in [-0.15, -0.1) is 0 Å². The van der Waals surface area contributed by atoms with E-state index in [-0.39, 0.29) is 28.5 Å². The van der Waals surface area contributed by atoms with E-state index in [2.05, 4.69) is 0 Å². The molecule has 8 nitrogen and oxygen atoms in total. The minimum Gasteiger partial charge on any atom is -0.465 e. The van der Waals surface area contributed by atoms with Gasteiger partial charge in [0.15, 0.2) is 5.78 Å². The van der Waals surface area contributed by atoms with E-state index >= 15 is 0 Å². The molecule has 0 saturated carbocycles. The van der Waals surface area contributed by atoms with Gasteiger partial charge in [0.25, 0.3) is 5.69 Å². The van der Waals surface area contributed by atoms with Gasteiger partial charge in [0, 0.05) is 30.3 Å². The van der Waals surface area contributed by atoms with Crippen molar-refractivity contribution in [2.45, 2.75) is 13.0 Å². The van der Waals surface area contributed by atoms with Crippen molar-refractivity contribution in [3.63, 3.8) is 0 Å². The average Bonchev–Trinajstić information content (AvgIpc) is 2.72. The van der Waals surface area contributed by atoms with Crippen LogP contribution in [0.15, 0.2) is 42.5 Å². The number of hydrogen-bond acceptors (Lipinski definition) is 7. The van der Waals surface area contributed by atoms with Crippen LogP contribution in [0.4, 0.5) is 11.4 Å². The number of nitro benzene ring substituents is 1. The zero-order valence-electron chi connectivity index (χ0n) is 15.6. The van der Waals surface area contributed by atoms with Gasteiger partial charge in [0.2, 0.25) is 0 Å². The molecule has 8 heteroatoms. The van der Waals surface area contributed by atoms with Crippen molar-refractivity contribution in [2.24, 2.45) is 0 Å². The number of hydrogen-bond donors (Lipinski definition) is 0. The van der Waals surface area contributed by atoms with E-state index in [0.717, 1.165) is 0 Å². The molecule has 2 aromatic carbocycles. The second kappa shape index (κ2) is 8.18. The van der Waals surface area contributed by atoms with Crippen LogP contribution in [0.1, 0.15) is 33.2 Å².